The van der Waals surface area contributed by atoms with Gasteiger partial charge in [0.1, 0.15) is 0 Å². The minimum Gasteiger partial charge on any atom is -0.478 e. The van der Waals surface area contributed by atoms with Gasteiger partial charge in [0.25, 0.3) is 17.7 Å². The summed E-state index contributed by atoms with van der Waals surface area (Å²) in [5, 5.41) is 11.7. The van der Waals surface area contributed by atoms with Crippen molar-refractivity contribution in [2.45, 2.75) is 6.92 Å². The van der Waals surface area contributed by atoms with Crippen LogP contribution in [0, 0.1) is 6.92 Å². The number of carbonyl (C=O) groups is 4. The first-order chi connectivity index (χ1) is 14.3. The Bertz CT molecular complexity index is 1210. The van der Waals surface area contributed by atoms with Crippen LogP contribution >= 0.6 is 0 Å². The predicted octanol–water partition coefficient (Wildman–Crippen LogP) is 3.75. The number of amides is 3. The van der Waals surface area contributed by atoms with Gasteiger partial charge >= 0.3 is 5.97 Å². The third kappa shape index (κ3) is 3.33. The minimum atomic E-state index is -1.11. The van der Waals surface area contributed by atoms with E-state index in [9.17, 15) is 19.2 Å². The Morgan fingerprint density at radius 2 is 1.53 bits per heavy atom. The molecule has 0 spiro atoms. The van der Waals surface area contributed by atoms with Crippen LogP contribution in [-0.2, 0) is 0 Å². The van der Waals surface area contributed by atoms with Gasteiger partial charge in [-0.1, -0.05) is 23.8 Å². The third-order valence-corrected chi connectivity index (χ3v) is 4.81. The van der Waals surface area contributed by atoms with E-state index < -0.39 is 23.7 Å². The lowest BCUT2D eigenvalue weighted by Crippen LogP contribution is -2.29. The molecule has 0 aromatic heterocycles. The minimum absolute atomic E-state index is 0.0382. The monoisotopic (exact) mass is 400 g/mol. The van der Waals surface area contributed by atoms with Crippen LogP contribution in [0.4, 0.5) is 11.4 Å². The molecule has 7 nitrogen and oxygen atoms in total. The van der Waals surface area contributed by atoms with Crippen LogP contribution in [0.3, 0.4) is 0 Å². The number of aryl methyl sites for hydroxylation is 1. The number of nitrogens with zero attached hydrogens (tertiary/aromatic N) is 1. The molecule has 0 unspecified atom stereocenters. The Hall–Kier alpha value is -4.26. The lowest BCUT2D eigenvalue weighted by molar-refractivity contribution is 0.0696. The second-order valence-electron chi connectivity index (χ2n) is 6.88. The van der Waals surface area contributed by atoms with Gasteiger partial charge in [-0.3, -0.25) is 14.4 Å². The first-order valence-electron chi connectivity index (χ1n) is 9.09. The molecule has 0 saturated heterocycles. The smallest absolute Gasteiger partial charge is 0.335 e. The number of carbonyl (C=O) groups excluding carboxylic acids is 3. The number of hydrogen-bond donors (Lipinski definition) is 2. The number of carboxylic acids is 1. The lowest BCUT2D eigenvalue weighted by atomic mass is 10.1. The molecule has 0 aliphatic carbocycles. The summed E-state index contributed by atoms with van der Waals surface area (Å²) in [6, 6.07) is 17.1. The molecular formula is C23H16N2O5. The van der Waals surface area contributed by atoms with Crippen LogP contribution in [0.2, 0.25) is 0 Å². The summed E-state index contributed by atoms with van der Waals surface area (Å²) in [5.41, 5.74) is 2.36. The van der Waals surface area contributed by atoms with E-state index >= 15 is 0 Å². The van der Waals surface area contributed by atoms with Gasteiger partial charge < -0.3 is 10.4 Å². The normalized spacial score (nSPS) is 12.6. The molecule has 3 amide bonds. The molecule has 1 aliphatic heterocycles. The number of imide groups is 1. The molecule has 0 atom stereocenters. The Kier molecular flexibility index (Phi) is 4.63. The summed E-state index contributed by atoms with van der Waals surface area (Å²) in [6.45, 7) is 1.91. The van der Waals surface area contributed by atoms with Crippen LogP contribution in [0.5, 0.6) is 0 Å². The number of nitrogens with one attached hydrogen (secondary N) is 1. The highest BCUT2D eigenvalue weighted by atomic mass is 16.4. The van der Waals surface area contributed by atoms with Crippen molar-refractivity contribution in [2.75, 3.05) is 10.2 Å². The standard InChI is InChI=1S/C23H16N2O5/c1-13-5-8-17(9-6-13)25-21(27)18-10-7-14(12-19(18)22(25)28)20(26)24-16-4-2-3-15(11-16)23(29)30/h2-12H,1H3,(H,24,26)(H,29,30). The average Bonchev–Trinajstić information content (AvgIpc) is 2.99. The Labute approximate surface area is 171 Å². The Balaban J connectivity index is 1.61. The summed E-state index contributed by atoms with van der Waals surface area (Å²) >= 11 is 0. The van der Waals surface area contributed by atoms with E-state index in [-0.39, 0.29) is 22.3 Å². The molecule has 3 aromatic rings. The van der Waals surface area contributed by atoms with Gasteiger partial charge in [0.2, 0.25) is 0 Å². The summed E-state index contributed by atoms with van der Waals surface area (Å²) < 4.78 is 0. The average molecular weight is 400 g/mol. The SMILES string of the molecule is Cc1ccc(N2C(=O)c3ccc(C(=O)Nc4cccc(C(=O)O)c4)cc3C2=O)cc1. The molecule has 0 fully saturated rings. The maximum Gasteiger partial charge on any atom is 0.335 e. The maximum absolute atomic E-state index is 12.9. The fourth-order valence-electron chi connectivity index (χ4n) is 3.24. The highest BCUT2D eigenvalue weighted by molar-refractivity contribution is 6.34. The highest BCUT2D eigenvalue weighted by Gasteiger charge is 2.37. The molecule has 0 bridgehead atoms. The fraction of sp³-hybridized carbons (Fsp3) is 0.0435. The van der Waals surface area contributed by atoms with Gasteiger partial charge in [-0.25, -0.2) is 9.69 Å². The zero-order chi connectivity index (χ0) is 21.4. The number of carboxylic acid groups (broad SMARTS) is 1. The molecule has 30 heavy (non-hydrogen) atoms. The Morgan fingerprint density at radius 3 is 2.23 bits per heavy atom. The molecule has 1 aliphatic rings. The van der Waals surface area contributed by atoms with Crippen LogP contribution in [0.15, 0.2) is 66.7 Å². The molecule has 148 valence electrons. The largest absolute Gasteiger partial charge is 0.478 e. The maximum atomic E-state index is 12.9. The van der Waals surface area contributed by atoms with Gasteiger partial charge in [0, 0.05) is 11.3 Å². The summed E-state index contributed by atoms with van der Waals surface area (Å²) in [6.07, 6.45) is 0. The first-order valence-corrected chi connectivity index (χ1v) is 9.09. The second-order valence-corrected chi connectivity index (χ2v) is 6.88. The van der Waals surface area contributed by atoms with Crippen molar-refractivity contribution in [1.82, 2.24) is 0 Å². The van der Waals surface area contributed by atoms with Crippen LogP contribution in [0.25, 0.3) is 0 Å². The summed E-state index contributed by atoms with van der Waals surface area (Å²) in [5.74, 6) is -2.57. The molecule has 4 rings (SSSR count). The van der Waals surface area contributed by atoms with Crippen molar-refractivity contribution in [2.24, 2.45) is 0 Å². The molecule has 2 N–H and O–H groups in total. The van der Waals surface area contributed by atoms with Crippen LogP contribution in [0.1, 0.15) is 47.0 Å². The Morgan fingerprint density at radius 1 is 0.833 bits per heavy atom. The van der Waals surface area contributed by atoms with Gasteiger partial charge in [0.05, 0.1) is 22.4 Å². The van der Waals surface area contributed by atoms with Crippen molar-refractivity contribution >= 4 is 35.1 Å². The molecule has 7 heteroatoms. The van der Waals surface area contributed by atoms with Crippen molar-refractivity contribution in [3.8, 4) is 0 Å². The van der Waals surface area contributed by atoms with E-state index in [0.29, 0.717) is 11.4 Å². The molecular weight excluding hydrogens is 384 g/mol. The molecule has 3 aromatic carbocycles. The van der Waals surface area contributed by atoms with Gasteiger partial charge in [-0.15, -0.1) is 0 Å². The first kappa shape index (κ1) is 19.1. The van der Waals surface area contributed by atoms with Crippen molar-refractivity contribution in [3.05, 3.63) is 94.5 Å². The van der Waals surface area contributed by atoms with Crippen LogP contribution in [-0.4, -0.2) is 28.8 Å². The predicted molar refractivity (Wildman–Crippen MR) is 110 cm³/mol. The van der Waals surface area contributed by atoms with E-state index in [1.165, 1.54) is 36.4 Å². The fourth-order valence-corrected chi connectivity index (χ4v) is 3.24. The zero-order valence-electron chi connectivity index (χ0n) is 15.9. The van der Waals surface area contributed by atoms with E-state index in [1.54, 1.807) is 18.2 Å². The molecule has 1 heterocycles. The summed E-state index contributed by atoms with van der Waals surface area (Å²) in [7, 11) is 0. The quantitative estimate of drug-likeness (QED) is 0.649. The topological polar surface area (TPSA) is 104 Å². The van der Waals surface area contributed by atoms with Gasteiger partial charge in [-0.05, 0) is 55.5 Å². The van der Waals surface area contributed by atoms with E-state index in [0.717, 1.165) is 10.5 Å². The van der Waals surface area contributed by atoms with E-state index in [4.69, 9.17) is 5.11 Å². The second kappa shape index (κ2) is 7.29. The molecule has 0 radical (unpaired) electrons. The van der Waals surface area contributed by atoms with Gasteiger partial charge in [0.15, 0.2) is 0 Å². The third-order valence-electron chi connectivity index (χ3n) is 4.81. The molecule has 0 saturated carbocycles. The number of anilines is 2. The number of rotatable bonds is 4. The van der Waals surface area contributed by atoms with Crippen LogP contribution < -0.4 is 10.2 Å². The number of aromatic carboxylic acids is 1. The van der Waals surface area contributed by atoms with E-state index in [1.807, 2.05) is 19.1 Å². The summed E-state index contributed by atoms with van der Waals surface area (Å²) in [4.78, 5) is 50.3. The lowest BCUT2D eigenvalue weighted by Gasteiger charge is -2.13. The number of benzene rings is 3. The zero-order valence-corrected chi connectivity index (χ0v) is 15.9. The van der Waals surface area contributed by atoms with Crippen molar-refractivity contribution < 1.29 is 24.3 Å². The highest BCUT2D eigenvalue weighted by Crippen LogP contribution is 2.29. The number of fused-ring (bicyclic) bond motifs is 1. The van der Waals surface area contributed by atoms with Crippen molar-refractivity contribution in [1.29, 1.82) is 0 Å². The van der Waals surface area contributed by atoms with Gasteiger partial charge in [-0.2, -0.15) is 0 Å². The van der Waals surface area contributed by atoms with E-state index in [2.05, 4.69) is 5.32 Å². The number of hydrogen-bond acceptors (Lipinski definition) is 4. The van der Waals surface area contributed by atoms with Crippen molar-refractivity contribution in [3.63, 3.8) is 0 Å².